The first-order valence-corrected chi connectivity index (χ1v) is 7.11. The number of nitrogens with one attached hydrogen (secondary N) is 1. The molecule has 1 heterocycles. The smallest absolute Gasteiger partial charge is 0.323 e. The number of nitrogen functional groups attached to an aromatic ring is 1. The fourth-order valence-electron chi connectivity index (χ4n) is 2.36. The van der Waals surface area contributed by atoms with Crippen molar-refractivity contribution in [1.29, 1.82) is 0 Å². The van der Waals surface area contributed by atoms with Crippen LogP contribution < -0.4 is 15.8 Å². The van der Waals surface area contributed by atoms with E-state index in [4.69, 9.17) is 10.5 Å². The number of ether oxygens (including phenoxy) is 1. The second-order valence-corrected chi connectivity index (χ2v) is 5.49. The van der Waals surface area contributed by atoms with Crippen molar-refractivity contribution in [1.82, 2.24) is 15.0 Å². The van der Waals surface area contributed by atoms with Gasteiger partial charge in [0, 0.05) is 6.54 Å². The van der Waals surface area contributed by atoms with E-state index in [1.54, 1.807) is 0 Å². The van der Waals surface area contributed by atoms with Gasteiger partial charge in [-0.25, -0.2) is 0 Å². The van der Waals surface area contributed by atoms with Crippen molar-refractivity contribution in [3.05, 3.63) is 0 Å². The summed E-state index contributed by atoms with van der Waals surface area (Å²) in [4.78, 5) is 12.0. The zero-order valence-electron chi connectivity index (χ0n) is 12.1. The summed E-state index contributed by atoms with van der Waals surface area (Å²) < 4.78 is 5.21. The van der Waals surface area contributed by atoms with Gasteiger partial charge in [-0.1, -0.05) is 6.92 Å². The fourth-order valence-corrected chi connectivity index (χ4v) is 2.36. The largest absolute Gasteiger partial charge is 0.464 e. The van der Waals surface area contributed by atoms with E-state index >= 15 is 0 Å². The van der Waals surface area contributed by atoms with Crippen LogP contribution in [0.15, 0.2) is 0 Å². The van der Waals surface area contributed by atoms with Crippen molar-refractivity contribution in [2.45, 2.75) is 45.1 Å². The number of hydrogen-bond donors (Lipinski definition) is 3. The summed E-state index contributed by atoms with van der Waals surface area (Å²) in [6, 6.07) is 0.201. The Morgan fingerprint density at radius 3 is 2.70 bits per heavy atom. The maximum atomic E-state index is 10.5. The van der Waals surface area contributed by atoms with Crippen molar-refractivity contribution in [2.75, 3.05) is 24.2 Å². The van der Waals surface area contributed by atoms with E-state index in [2.05, 4.69) is 27.2 Å². The van der Waals surface area contributed by atoms with Crippen molar-refractivity contribution in [2.24, 2.45) is 5.92 Å². The van der Waals surface area contributed by atoms with Crippen LogP contribution in [0.3, 0.4) is 0 Å². The van der Waals surface area contributed by atoms with E-state index in [1.807, 2.05) is 6.92 Å². The van der Waals surface area contributed by atoms with Crippen molar-refractivity contribution in [3.8, 4) is 6.01 Å². The van der Waals surface area contributed by atoms with E-state index in [9.17, 15) is 5.11 Å². The van der Waals surface area contributed by atoms with Crippen LogP contribution in [0, 0.1) is 5.92 Å². The second-order valence-electron chi connectivity index (χ2n) is 5.49. The molecule has 0 saturated heterocycles. The number of anilines is 2. The average molecular weight is 281 g/mol. The molecular weight excluding hydrogens is 258 g/mol. The zero-order valence-corrected chi connectivity index (χ0v) is 12.1. The van der Waals surface area contributed by atoms with Crippen molar-refractivity contribution in [3.63, 3.8) is 0 Å². The van der Waals surface area contributed by atoms with Gasteiger partial charge < -0.3 is 20.9 Å². The fraction of sp³-hybridized carbons (Fsp3) is 0.769. The molecule has 0 aromatic carbocycles. The molecule has 1 fully saturated rings. The molecule has 0 unspecified atom stereocenters. The third-order valence-corrected chi connectivity index (χ3v) is 3.69. The highest BCUT2D eigenvalue weighted by atomic mass is 16.5. The monoisotopic (exact) mass is 281 g/mol. The first-order chi connectivity index (χ1) is 9.50. The molecule has 0 spiro atoms. The van der Waals surface area contributed by atoms with Gasteiger partial charge in [0.25, 0.3) is 0 Å². The number of aliphatic hydroxyl groups is 1. The Labute approximate surface area is 119 Å². The maximum Gasteiger partial charge on any atom is 0.323 e. The molecule has 0 bridgehead atoms. The Morgan fingerprint density at radius 2 is 2.05 bits per heavy atom. The highest BCUT2D eigenvalue weighted by Crippen LogP contribution is 2.31. The SMILES string of the molecule is CCOc1nc(N)nc(NCC2(O)CCC(C)CC2)n1. The molecule has 7 nitrogen and oxygen atoms in total. The molecule has 2 rings (SSSR count). The average Bonchev–Trinajstić information content (AvgIpc) is 2.40. The highest BCUT2D eigenvalue weighted by molar-refractivity contribution is 5.33. The van der Waals surface area contributed by atoms with Crippen LogP contribution in [0.4, 0.5) is 11.9 Å². The minimum absolute atomic E-state index is 0.107. The Kier molecular flexibility index (Phi) is 4.59. The minimum atomic E-state index is -0.695. The zero-order chi connectivity index (χ0) is 14.6. The number of nitrogens with two attached hydrogens (primary N) is 1. The third-order valence-electron chi connectivity index (χ3n) is 3.69. The van der Waals surface area contributed by atoms with Crippen LogP contribution >= 0.6 is 0 Å². The molecule has 0 atom stereocenters. The lowest BCUT2D eigenvalue weighted by atomic mass is 9.79. The Hall–Kier alpha value is -1.63. The Balaban J connectivity index is 1.96. The van der Waals surface area contributed by atoms with Gasteiger partial charge >= 0.3 is 6.01 Å². The molecule has 1 aliphatic carbocycles. The predicted molar refractivity (Wildman–Crippen MR) is 76.5 cm³/mol. The van der Waals surface area contributed by atoms with Gasteiger partial charge in [-0.05, 0) is 38.5 Å². The van der Waals surface area contributed by atoms with Gasteiger partial charge in [-0.3, -0.25) is 0 Å². The van der Waals surface area contributed by atoms with Gasteiger partial charge in [0.2, 0.25) is 11.9 Å². The molecular formula is C13H23N5O2. The molecule has 0 radical (unpaired) electrons. The molecule has 1 aliphatic rings. The number of rotatable bonds is 5. The highest BCUT2D eigenvalue weighted by Gasteiger charge is 2.31. The van der Waals surface area contributed by atoms with Gasteiger partial charge in [0.05, 0.1) is 12.2 Å². The summed E-state index contributed by atoms with van der Waals surface area (Å²) in [5.74, 6) is 1.14. The molecule has 1 saturated carbocycles. The first kappa shape index (κ1) is 14.8. The molecule has 112 valence electrons. The number of nitrogens with zero attached hydrogens (tertiary/aromatic N) is 3. The minimum Gasteiger partial charge on any atom is -0.464 e. The molecule has 1 aromatic heterocycles. The summed E-state index contributed by atoms with van der Waals surface area (Å²) in [5, 5.41) is 13.5. The molecule has 0 aliphatic heterocycles. The molecule has 7 heteroatoms. The van der Waals surface area contributed by atoms with E-state index in [1.165, 1.54) is 0 Å². The van der Waals surface area contributed by atoms with Gasteiger partial charge in [0.1, 0.15) is 0 Å². The molecule has 0 amide bonds. The lowest BCUT2D eigenvalue weighted by molar-refractivity contribution is 0.00486. The standard InChI is InChI=1S/C13H23N5O2/c1-3-20-12-17-10(14)16-11(18-12)15-8-13(19)6-4-9(2)5-7-13/h9,19H,3-8H2,1-2H3,(H3,14,15,16,17,18). The Morgan fingerprint density at radius 1 is 1.35 bits per heavy atom. The Bertz CT molecular complexity index is 446. The summed E-state index contributed by atoms with van der Waals surface area (Å²) in [7, 11) is 0. The van der Waals surface area contributed by atoms with Crippen LogP contribution in [0.5, 0.6) is 6.01 Å². The summed E-state index contributed by atoms with van der Waals surface area (Å²) in [6.07, 6.45) is 3.67. The summed E-state index contributed by atoms with van der Waals surface area (Å²) in [6.45, 7) is 4.94. The molecule has 4 N–H and O–H groups in total. The summed E-state index contributed by atoms with van der Waals surface area (Å²) in [5.41, 5.74) is 4.91. The number of hydrogen-bond acceptors (Lipinski definition) is 7. The number of aromatic nitrogens is 3. The first-order valence-electron chi connectivity index (χ1n) is 7.11. The van der Waals surface area contributed by atoms with Crippen molar-refractivity contribution < 1.29 is 9.84 Å². The van der Waals surface area contributed by atoms with E-state index < -0.39 is 5.60 Å². The normalized spacial score (nSPS) is 26.2. The molecule has 20 heavy (non-hydrogen) atoms. The van der Waals surface area contributed by atoms with E-state index in [0.717, 1.165) is 25.7 Å². The lowest BCUT2D eigenvalue weighted by Gasteiger charge is -2.34. The molecule has 1 aromatic rings. The quantitative estimate of drug-likeness (QED) is 0.744. The van der Waals surface area contributed by atoms with Gasteiger partial charge in [0.15, 0.2) is 0 Å². The van der Waals surface area contributed by atoms with Crippen LogP contribution in [0.25, 0.3) is 0 Å². The van der Waals surface area contributed by atoms with Crippen LogP contribution in [0.2, 0.25) is 0 Å². The van der Waals surface area contributed by atoms with Crippen LogP contribution in [0.1, 0.15) is 39.5 Å². The van der Waals surface area contributed by atoms with E-state index in [0.29, 0.717) is 25.0 Å². The topological polar surface area (TPSA) is 106 Å². The lowest BCUT2D eigenvalue weighted by Crippen LogP contribution is -2.40. The third kappa shape index (κ3) is 3.93. The van der Waals surface area contributed by atoms with Gasteiger partial charge in [-0.15, -0.1) is 0 Å². The van der Waals surface area contributed by atoms with Crippen LogP contribution in [-0.2, 0) is 0 Å². The van der Waals surface area contributed by atoms with Crippen LogP contribution in [-0.4, -0.2) is 38.8 Å². The van der Waals surface area contributed by atoms with Gasteiger partial charge in [-0.2, -0.15) is 15.0 Å². The van der Waals surface area contributed by atoms with E-state index in [-0.39, 0.29) is 12.0 Å². The predicted octanol–water partition coefficient (Wildman–Crippen LogP) is 1.21. The van der Waals surface area contributed by atoms with Crippen molar-refractivity contribution >= 4 is 11.9 Å². The summed E-state index contributed by atoms with van der Waals surface area (Å²) >= 11 is 0. The maximum absolute atomic E-state index is 10.5. The second kappa shape index (κ2) is 6.21.